The van der Waals surface area contributed by atoms with Crippen molar-refractivity contribution in [2.75, 3.05) is 28.7 Å². The molecule has 0 amide bonds. The van der Waals surface area contributed by atoms with Crippen LogP contribution in [0.25, 0.3) is 22.8 Å². The summed E-state index contributed by atoms with van der Waals surface area (Å²) in [5.74, 6) is 1.92. The van der Waals surface area contributed by atoms with Crippen LogP contribution in [0, 0.1) is 21.3 Å². The summed E-state index contributed by atoms with van der Waals surface area (Å²) in [6.45, 7) is 0. The Morgan fingerprint density at radius 2 is 0.725 bits per heavy atom. The van der Waals surface area contributed by atoms with Gasteiger partial charge in [-0.05, 0) is 60.7 Å². The molecule has 7 rings (SSSR count). The first kappa shape index (κ1) is 35.9. The fourth-order valence-electron chi connectivity index (χ4n) is 4.38. The van der Waals surface area contributed by atoms with Crippen molar-refractivity contribution in [3.63, 3.8) is 0 Å². The lowest BCUT2D eigenvalue weighted by Gasteiger charge is -2.16. The average molecular weight is 681 g/mol. The van der Waals surface area contributed by atoms with E-state index in [-0.39, 0.29) is 0 Å². The number of rotatable bonds is 4. The monoisotopic (exact) mass is 680 g/mol. The molecule has 0 atom stereocenters. The number of para-hydroxylation sites is 5. The zero-order valence-electron chi connectivity index (χ0n) is 26.9. The van der Waals surface area contributed by atoms with Gasteiger partial charge in [0, 0.05) is 60.6 Å². The summed E-state index contributed by atoms with van der Waals surface area (Å²) in [6, 6.07) is 38.5. The lowest BCUT2D eigenvalue weighted by molar-refractivity contribution is 0.877. The Balaban J connectivity index is 0.000000179. The lowest BCUT2D eigenvalue weighted by atomic mass is 10.1. The fraction of sp³-hybridized carbons (Fsp3) is 0. The van der Waals surface area contributed by atoms with Gasteiger partial charge in [0.15, 0.2) is 11.7 Å². The second-order valence-electron chi connectivity index (χ2n) is 10.2. The Hall–Kier alpha value is -7.93. The highest BCUT2D eigenvalue weighted by atomic mass is 16.7. The molecule has 0 unspecified atom stereocenters. The van der Waals surface area contributed by atoms with Crippen molar-refractivity contribution >= 4 is 40.1 Å². The maximum atomic E-state index is 8.39. The van der Waals surface area contributed by atoms with E-state index in [9.17, 15) is 0 Å². The average Bonchev–Trinajstić information content (AvgIpc) is 3.17. The highest BCUT2D eigenvalue weighted by molar-refractivity contribution is 6.09. The van der Waals surface area contributed by atoms with Gasteiger partial charge in [-0.3, -0.25) is 10.9 Å². The van der Waals surface area contributed by atoms with Crippen molar-refractivity contribution in [1.82, 2.24) is 31.2 Å². The van der Waals surface area contributed by atoms with Crippen LogP contribution in [0.15, 0.2) is 132 Å². The molecule has 16 heteroatoms. The van der Waals surface area contributed by atoms with Crippen LogP contribution >= 0.6 is 0 Å². The number of hydrogen-bond acceptors (Lipinski definition) is 16. The number of benzene rings is 5. The molecule has 0 spiro atoms. The molecule has 0 saturated carbocycles. The predicted octanol–water partition coefficient (Wildman–Crippen LogP) is 4.04. The summed E-state index contributed by atoms with van der Waals surface area (Å²) >= 11 is 0. The molecule has 1 aliphatic rings. The topological polar surface area (TPSA) is 288 Å². The number of hydrazone groups is 2. The zero-order chi connectivity index (χ0) is 36.6. The summed E-state index contributed by atoms with van der Waals surface area (Å²) in [5, 5.41) is 33.2. The zero-order valence-corrected chi connectivity index (χ0v) is 26.9. The molecule has 0 fully saturated rings. The van der Waals surface area contributed by atoms with Crippen molar-refractivity contribution in [3.05, 3.63) is 148 Å². The van der Waals surface area contributed by atoms with Crippen molar-refractivity contribution in [3.8, 4) is 28.8 Å². The van der Waals surface area contributed by atoms with Gasteiger partial charge in [0.2, 0.25) is 11.6 Å². The first-order valence-electron chi connectivity index (χ1n) is 14.9. The number of nitrogens with one attached hydrogen (secondary N) is 2. The molecular formula is C35H32N14O2. The van der Waals surface area contributed by atoms with Gasteiger partial charge in [-0.2, -0.15) is 15.5 Å². The van der Waals surface area contributed by atoms with Crippen LogP contribution in [0.4, 0.5) is 28.4 Å². The Morgan fingerprint density at radius 3 is 1.00 bits per heavy atom. The number of aromatic nitrogens is 4. The molecule has 0 aliphatic carbocycles. The molecule has 51 heavy (non-hydrogen) atoms. The van der Waals surface area contributed by atoms with Gasteiger partial charge in [0.25, 0.3) is 0 Å². The smallest absolute Gasteiger partial charge is 0.205 e. The van der Waals surface area contributed by atoms with E-state index in [2.05, 4.69) is 41.4 Å². The largest absolute Gasteiger partial charge is 0.398 e. The molecule has 0 radical (unpaired) electrons. The number of anilines is 5. The Kier molecular flexibility index (Phi) is 12.6. The summed E-state index contributed by atoms with van der Waals surface area (Å²) < 4.78 is 0. The molecule has 0 bridgehead atoms. The molecular weight excluding hydrogens is 648 g/mol. The highest BCUT2D eigenvalue weighted by Gasteiger charge is 2.15. The molecule has 16 nitrogen and oxygen atoms in total. The van der Waals surface area contributed by atoms with Gasteiger partial charge in [-0.15, -0.1) is 20.4 Å². The summed E-state index contributed by atoms with van der Waals surface area (Å²) in [5.41, 5.74) is 41.3. The minimum Gasteiger partial charge on any atom is -0.398 e. The summed E-state index contributed by atoms with van der Waals surface area (Å²) in [4.78, 5) is 14.0. The number of nitrogen functional groups attached to an aromatic ring is 5. The fourth-order valence-corrected chi connectivity index (χ4v) is 4.38. The molecule has 0 saturated heterocycles. The first-order valence-corrected chi connectivity index (χ1v) is 14.9. The van der Waals surface area contributed by atoms with Gasteiger partial charge in [0.1, 0.15) is 6.07 Å². The number of nitriles is 1. The quantitative estimate of drug-likeness (QED) is 0.129. The van der Waals surface area contributed by atoms with E-state index in [1.807, 2.05) is 91.0 Å². The highest BCUT2D eigenvalue weighted by Crippen LogP contribution is 2.24. The van der Waals surface area contributed by atoms with Crippen LogP contribution in [-0.4, -0.2) is 32.1 Å². The maximum Gasteiger partial charge on any atom is 0.205 e. The number of hydrogen-bond donors (Lipinski definition) is 7. The molecule has 1 aromatic heterocycles. The van der Waals surface area contributed by atoms with Crippen LogP contribution in [0.5, 0.6) is 0 Å². The van der Waals surface area contributed by atoms with Crippen LogP contribution in [-0.2, 0) is 0 Å². The number of amidine groups is 2. The van der Waals surface area contributed by atoms with Crippen LogP contribution in [0.3, 0.4) is 0 Å². The van der Waals surface area contributed by atoms with E-state index < -0.39 is 0 Å². The van der Waals surface area contributed by atoms with Crippen LogP contribution in [0.1, 0.15) is 16.7 Å². The van der Waals surface area contributed by atoms with Crippen molar-refractivity contribution in [2.24, 2.45) is 10.2 Å². The van der Waals surface area contributed by atoms with Gasteiger partial charge < -0.3 is 28.7 Å². The number of nitrogens with two attached hydrogens (primary N) is 5. The third-order valence-corrected chi connectivity index (χ3v) is 6.94. The molecule has 1 aliphatic heterocycles. The Morgan fingerprint density at radius 1 is 0.431 bits per heavy atom. The van der Waals surface area contributed by atoms with E-state index in [1.165, 1.54) is 0 Å². The van der Waals surface area contributed by atoms with Gasteiger partial charge in [-0.25, -0.2) is 0 Å². The first-order chi connectivity index (χ1) is 24.9. The third-order valence-electron chi connectivity index (χ3n) is 6.94. The van der Waals surface area contributed by atoms with Gasteiger partial charge in [-0.1, -0.05) is 60.7 Å². The lowest BCUT2D eigenvalue weighted by Crippen LogP contribution is -2.35. The number of nitrogens with zero attached hydrogens (tertiary/aromatic N) is 7. The second kappa shape index (κ2) is 17.8. The summed E-state index contributed by atoms with van der Waals surface area (Å²) in [6.07, 6.45) is 0. The van der Waals surface area contributed by atoms with Crippen molar-refractivity contribution < 1.29 is 0 Å². The van der Waals surface area contributed by atoms with Crippen molar-refractivity contribution in [1.29, 1.82) is 5.26 Å². The summed E-state index contributed by atoms with van der Waals surface area (Å²) in [7, 11) is 0. The van der Waals surface area contributed by atoms with Gasteiger partial charge >= 0.3 is 0 Å². The van der Waals surface area contributed by atoms with Gasteiger partial charge in [0.05, 0.1) is 5.56 Å². The predicted molar refractivity (Wildman–Crippen MR) is 201 cm³/mol. The van der Waals surface area contributed by atoms with E-state index >= 15 is 0 Å². The molecule has 12 N–H and O–H groups in total. The van der Waals surface area contributed by atoms with Crippen LogP contribution in [0.2, 0.25) is 0 Å². The Labute approximate surface area is 291 Å². The molecule has 6 aromatic rings. The van der Waals surface area contributed by atoms with E-state index in [1.54, 1.807) is 36.4 Å². The maximum absolute atomic E-state index is 8.39. The van der Waals surface area contributed by atoms with Crippen LogP contribution < -0.4 is 39.5 Å². The molecule has 5 aromatic carbocycles. The Bertz CT molecular complexity index is 2060. The third kappa shape index (κ3) is 9.33. The second-order valence-corrected chi connectivity index (χ2v) is 10.2. The van der Waals surface area contributed by atoms with Crippen molar-refractivity contribution in [2.45, 2.75) is 0 Å². The SMILES string of the molecule is N#Cc1ccccc1N.Nc1ccccc1-c1nnc(-c2ccccc2N)nn1.Nc1ccccc1C1=NNC(c2ccccc2N)=NN1.O=O. The minimum atomic E-state index is 0.390. The van der Waals surface area contributed by atoms with E-state index in [0.29, 0.717) is 68.4 Å². The van der Waals surface area contributed by atoms with E-state index in [4.69, 9.17) is 43.9 Å². The molecule has 254 valence electrons. The molecule has 2 heterocycles. The minimum absolute atomic E-state index is 0.390. The standard InChI is InChI=1S/C14H14N6.C14H12N6.C7H6N2.O2/c2*15-11-7-3-1-5-9(11)13-17-19-14(20-18-13)10-6-2-4-8-12(10)16;8-5-6-3-1-2-4-7(6)9;1-2/h1-8H,15-16H2,(H,17,18)(H,19,20);1-8H,15-16H2;1-4H,9H2;. The van der Waals surface area contributed by atoms with E-state index in [0.717, 1.165) is 11.1 Å². The normalized spacial score (nSPS) is 11.0.